The van der Waals surface area contributed by atoms with Crippen LogP contribution >= 0.6 is 0 Å². The van der Waals surface area contributed by atoms with Gasteiger partial charge in [-0.1, -0.05) is 12.1 Å². The molecule has 0 radical (unpaired) electrons. The minimum atomic E-state index is 0.568. The van der Waals surface area contributed by atoms with Crippen LogP contribution < -0.4 is 11.1 Å². The fourth-order valence-electron chi connectivity index (χ4n) is 1.94. The van der Waals surface area contributed by atoms with Crippen molar-refractivity contribution in [3.05, 3.63) is 30.1 Å². The van der Waals surface area contributed by atoms with Gasteiger partial charge in [0.1, 0.15) is 11.6 Å². The summed E-state index contributed by atoms with van der Waals surface area (Å²) in [6, 6.07) is 8.11. The lowest BCUT2D eigenvalue weighted by Crippen LogP contribution is -2.14. The molecule has 1 aromatic heterocycles. The van der Waals surface area contributed by atoms with E-state index in [0.29, 0.717) is 12.5 Å². The van der Waals surface area contributed by atoms with Crippen LogP contribution in [-0.4, -0.2) is 23.1 Å². The van der Waals surface area contributed by atoms with E-state index in [2.05, 4.69) is 15.3 Å². The maximum absolute atomic E-state index is 5.52. The molecule has 0 bridgehead atoms. The lowest BCUT2D eigenvalue weighted by molar-refractivity contribution is 0.935. The quantitative estimate of drug-likeness (QED) is 0.838. The van der Waals surface area contributed by atoms with Crippen molar-refractivity contribution in [3.63, 3.8) is 0 Å². The van der Waals surface area contributed by atoms with Crippen molar-refractivity contribution >= 4 is 16.7 Å². The van der Waals surface area contributed by atoms with E-state index >= 15 is 0 Å². The van der Waals surface area contributed by atoms with Crippen LogP contribution in [-0.2, 0) is 0 Å². The summed E-state index contributed by atoms with van der Waals surface area (Å²) in [7, 11) is 0. The molecule has 1 aliphatic carbocycles. The zero-order valence-electron chi connectivity index (χ0n) is 9.69. The smallest absolute Gasteiger partial charge is 0.137 e. The fourth-order valence-corrected chi connectivity index (χ4v) is 1.94. The zero-order chi connectivity index (χ0) is 11.7. The average molecular weight is 228 g/mol. The lowest BCUT2D eigenvalue weighted by atomic mass is 10.2. The molecule has 2 aromatic rings. The van der Waals surface area contributed by atoms with E-state index in [-0.39, 0.29) is 0 Å². The average Bonchev–Trinajstić information content (AvgIpc) is 3.20. The van der Waals surface area contributed by atoms with Crippen LogP contribution in [0.5, 0.6) is 0 Å². The number of anilines is 1. The highest BCUT2D eigenvalue weighted by atomic mass is 15.0. The molecule has 1 aliphatic rings. The fraction of sp³-hybridized carbons (Fsp3) is 0.385. The second-order valence-corrected chi connectivity index (χ2v) is 4.44. The van der Waals surface area contributed by atoms with Gasteiger partial charge in [0.15, 0.2) is 0 Å². The van der Waals surface area contributed by atoms with Gasteiger partial charge in [-0.2, -0.15) is 0 Å². The number of aromatic nitrogens is 2. The maximum atomic E-state index is 5.52. The van der Waals surface area contributed by atoms with Crippen molar-refractivity contribution < 1.29 is 0 Å². The van der Waals surface area contributed by atoms with Gasteiger partial charge < -0.3 is 11.1 Å². The Balaban J connectivity index is 2.08. The molecular weight excluding hydrogens is 212 g/mol. The van der Waals surface area contributed by atoms with Gasteiger partial charge in [0.25, 0.3) is 0 Å². The van der Waals surface area contributed by atoms with E-state index in [0.717, 1.165) is 29.1 Å². The van der Waals surface area contributed by atoms with E-state index < -0.39 is 0 Å². The maximum Gasteiger partial charge on any atom is 0.137 e. The van der Waals surface area contributed by atoms with Crippen LogP contribution in [0, 0.1) is 0 Å². The van der Waals surface area contributed by atoms with E-state index in [4.69, 9.17) is 5.73 Å². The Bertz CT molecular complexity index is 534. The summed E-state index contributed by atoms with van der Waals surface area (Å²) in [6.07, 6.45) is 2.43. The number of nitrogens with zero attached hydrogens (tertiary/aromatic N) is 2. The van der Waals surface area contributed by atoms with E-state index in [9.17, 15) is 0 Å². The zero-order valence-corrected chi connectivity index (χ0v) is 9.69. The van der Waals surface area contributed by atoms with Crippen molar-refractivity contribution in [2.45, 2.75) is 18.8 Å². The number of para-hydroxylation sites is 1. The normalized spacial score (nSPS) is 15.1. The summed E-state index contributed by atoms with van der Waals surface area (Å²) < 4.78 is 0. The van der Waals surface area contributed by atoms with E-state index in [1.54, 1.807) is 0 Å². The predicted octanol–water partition coefficient (Wildman–Crippen LogP) is 1.88. The van der Waals surface area contributed by atoms with Crippen LogP contribution in [0.15, 0.2) is 24.3 Å². The molecule has 0 atom stereocenters. The highest BCUT2D eigenvalue weighted by Gasteiger charge is 2.27. The van der Waals surface area contributed by atoms with Crippen LogP contribution in [0.25, 0.3) is 10.9 Å². The Morgan fingerprint density at radius 1 is 1.24 bits per heavy atom. The van der Waals surface area contributed by atoms with Gasteiger partial charge in [-0.15, -0.1) is 0 Å². The summed E-state index contributed by atoms with van der Waals surface area (Å²) in [5.41, 5.74) is 6.54. The molecular formula is C13H16N4. The summed E-state index contributed by atoms with van der Waals surface area (Å²) in [5, 5.41) is 4.36. The summed E-state index contributed by atoms with van der Waals surface area (Å²) in [6.45, 7) is 1.35. The van der Waals surface area contributed by atoms with Crippen molar-refractivity contribution in [1.82, 2.24) is 9.97 Å². The Morgan fingerprint density at radius 2 is 2.06 bits per heavy atom. The van der Waals surface area contributed by atoms with Crippen molar-refractivity contribution in [2.75, 3.05) is 18.4 Å². The van der Waals surface area contributed by atoms with Crippen molar-refractivity contribution in [1.29, 1.82) is 0 Å². The van der Waals surface area contributed by atoms with Crippen molar-refractivity contribution in [2.24, 2.45) is 5.73 Å². The number of nitrogens with two attached hydrogens (primary N) is 1. The molecule has 1 saturated carbocycles. The van der Waals surface area contributed by atoms with Crippen LogP contribution in [0.1, 0.15) is 24.6 Å². The Kier molecular flexibility index (Phi) is 2.65. The number of rotatable bonds is 4. The second-order valence-electron chi connectivity index (χ2n) is 4.44. The third-order valence-electron chi connectivity index (χ3n) is 3.00. The van der Waals surface area contributed by atoms with Gasteiger partial charge in [0, 0.05) is 24.4 Å². The van der Waals surface area contributed by atoms with E-state index in [1.165, 1.54) is 12.8 Å². The number of hydrogen-bond acceptors (Lipinski definition) is 4. The van der Waals surface area contributed by atoms with Crippen LogP contribution in [0.4, 0.5) is 5.82 Å². The molecule has 3 rings (SSSR count). The number of hydrogen-bond donors (Lipinski definition) is 2. The Morgan fingerprint density at radius 3 is 2.82 bits per heavy atom. The first kappa shape index (κ1) is 10.5. The monoisotopic (exact) mass is 228 g/mol. The van der Waals surface area contributed by atoms with Gasteiger partial charge in [0.05, 0.1) is 5.52 Å². The largest absolute Gasteiger partial charge is 0.368 e. The second kappa shape index (κ2) is 4.30. The summed E-state index contributed by atoms with van der Waals surface area (Å²) >= 11 is 0. The molecule has 4 heteroatoms. The van der Waals surface area contributed by atoms with Gasteiger partial charge in [-0.05, 0) is 25.0 Å². The first-order valence-corrected chi connectivity index (χ1v) is 6.09. The van der Waals surface area contributed by atoms with Gasteiger partial charge >= 0.3 is 0 Å². The van der Waals surface area contributed by atoms with Gasteiger partial charge in [-0.3, -0.25) is 0 Å². The minimum absolute atomic E-state index is 0.568. The molecule has 1 aromatic carbocycles. The first-order chi connectivity index (χ1) is 8.38. The van der Waals surface area contributed by atoms with Crippen LogP contribution in [0.2, 0.25) is 0 Å². The van der Waals surface area contributed by atoms with E-state index in [1.807, 2.05) is 24.3 Å². The SMILES string of the molecule is NCCNc1nc(C2CC2)nc2ccccc12. The molecule has 0 amide bonds. The molecule has 1 heterocycles. The number of fused-ring (bicyclic) bond motifs is 1. The molecule has 4 nitrogen and oxygen atoms in total. The molecule has 3 N–H and O–H groups in total. The minimum Gasteiger partial charge on any atom is -0.368 e. The molecule has 88 valence electrons. The lowest BCUT2D eigenvalue weighted by Gasteiger charge is -2.09. The molecule has 0 spiro atoms. The van der Waals surface area contributed by atoms with Gasteiger partial charge in [-0.25, -0.2) is 9.97 Å². The third-order valence-corrected chi connectivity index (χ3v) is 3.00. The Hall–Kier alpha value is -1.68. The summed E-state index contributed by atoms with van der Waals surface area (Å²) in [4.78, 5) is 9.25. The topological polar surface area (TPSA) is 63.8 Å². The molecule has 0 aliphatic heterocycles. The Labute approximate surface area is 100 Å². The standard InChI is InChI=1S/C13H16N4/c14-7-8-15-13-10-3-1-2-4-11(10)16-12(17-13)9-5-6-9/h1-4,9H,5-8,14H2,(H,15,16,17). The third kappa shape index (κ3) is 2.08. The molecule has 17 heavy (non-hydrogen) atoms. The molecule has 0 unspecified atom stereocenters. The highest BCUT2D eigenvalue weighted by molar-refractivity contribution is 5.89. The predicted molar refractivity (Wildman–Crippen MR) is 69.1 cm³/mol. The number of nitrogens with one attached hydrogen (secondary N) is 1. The summed E-state index contributed by atoms with van der Waals surface area (Å²) in [5.74, 6) is 2.46. The molecule has 1 fully saturated rings. The van der Waals surface area contributed by atoms with Crippen molar-refractivity contribution in [3.8, 4) is 0 Å². The number of benzene rings is 1. The van der Waals surface area contributed by atoms with Crippen LogP contribution in [0.3, 0.4) is 0 Å². The molecule has 0 saturated heterocycles. The first-order valence-electron chi connectivity index (χ1n) is 6.09. The highest BCUT2D eigenvalue weighted by Crippen LogP contribution is 2.39. The van der Waals surface area contributed by atoms with Gasteiger partial charge in [0.2, 0.25) is 0 Å².